The number of ether oxygens (including phenoxy) is 3. The molecule has 8 atom stereocenters. The van der Waals surface area contributed by atoms with Gasteiger partial charge in [-0.25, -0.2) is 0 Å². The molecule has 71 heavy (non-hydrogen) atoms. The molecule has 8 unspecified atom stereocenters. The van der Waals surface area contributed by atoms with Gasteiger partial charge in [0.05, 0.1) is 25.4 Å². The molecular formula is C60H103NO10. The highest BCUT2D eigenvalue weighted by atomic mass is 16.7. The molecule has 1 rings (SSSR count). The summed E-state index contributed by atoms with van der Waals surface area (Å²) in [4.78, 5) is 26.4. The summed E-state index contributed by atoms with van der Waals surface area (Å²) >= 11 is 0. The summed E-state index contributed by atoms with van der Waals surface area (Å²) in [5.41, 5.74) is 0. The quantitative estimate of drug-likeness (QED) is 0.0196. The summed E-state index contributed by atoms with van der Waals surface area (Å²) in [6.45, 7) is 5.60. The summed E-state index contributed by atoms with van der Waals surface area (Å²) < 4.78 is 17.5. The lowest BCUT2D eigenvalue weighted by Crippen LogP contribution is -2.61. The number of rotatable bonds is 46. The molecule has 0 spiro atoms. The smallest absolute Gasteiger partial charge is 0.306 e. The number of carbonyl (C=O) groups is 2. The van der Waals surface area contributed by atoms with E-state index in [1.54, 1.807) is 6.08 Å². The van der Waals surface area contributed by atoms with Crippen LogP contribution >= 0.6 is 0 Å². The lowest BCUT2D eigenvalue weighted by Gasteiger charge is -2.41. The van der Waals surface area contributed by atoms with Gasteiger partial charge in [0.25, 0.3) is 0 Å². The zero-order chi connectivity index (χ0) is 51.8. The fourth-order valence-electron chi connectivity index (χ4n) is 8.32. The van der Waals surface area contributed by atoms with Crippen LogP contribution in [0.3, 0.4) is 0 Å². The average Bonchev–Trinajstić information content (AvgIpc) is 3.37. The molecule has 408 valence electrons. The van der Waals surface area contributed by atoms with E-state index in [1.807, 2.05) is 18.2 Å². The second kappa shape index (κ2) is 47.8. The van der Waals surface area contributed by atoms with E-state index in [2.05, 4.69) is 86.8 Å². The molecule has 0 aromatic rings. The molecule has 0 radical (unpaired) electrons. The monoisotopic (exact) mass is 998 g/mol. The summed E-state index contributed by atoms with van der Waals surface area (Å²) in [6.07, 6.45) is 50.7. The van der Waals surface area contributed by atoms with Crippen molar-refractivity contribution in [2.75, 3.05) is 13.2 Å². The molecule has 0 saturated carbocycles. The zero-order valence-corrected chi connectivity index (χ0v) is 44.8. The maximum atomic E-state index is 13.3. The van der Waals surface area contributed by atoms with Crippen LogP contribution in [0.25, 0.3) is 0 Å². The van der Waals surface area contributed by atoms with Crippen molar-refractivity contribution in [3.8, 4) is 0 Å². The number of carbonyl (C=O) groups excluding carboxylic acids is 2. The molecule has 1 saturated heterocycles. The van der Waals surface area contributed by atoms with Crippen molar-refractivity contribution in [2.24, 2.45) is 0 Å². The van der Waals surface area contributed by atoms with E-state index in [4.69, 9.17) is 14.2 Å². The highest BCUT2D eigenvalue weighted by Gasteiger charge is 2.47. The van der Waals surface area contributed by atoms with Gasteiger partial charge in [0.2, 0.25) is 5.91 Å². The van der Waals surface area contributed by atoms with Crippen molar-refractivity contribution in [2.45, 2.75) is 269 Å². The van der Waals surface area contributed by atoms with Gasteiger partial charge < -0.3 is 45.1 Å². The number of allylic oxidation sites excluding steroid dienone is 13. The molecule has 11 nitrogen and oxygen atoms in total. The Kier molecular flexibility index (Phi) is 44.4. The third-order valence-corrected chi connectivity index (χ3v) is 12.8. The number of hydrogen-bond acceptors (Lipinski definition) is 10. The molecule has 1 aliphatic heterocycles. The Morgan fingerprint density at radius 3 is 1.49 bits per heavy atom. The predicted octanol–water partition coefficient (Wildman–Crippen LogP) is 12.6. The van der Waals surface area contributed by atoms with Crippen LogP contribution in [0.4, 0.5) is 0 Å². The first-order valence-corrected chi connectivity index (χ1v) is 28.4. The number of esters is 1. The van der Waals surface area contributed by atoms with Crippen LogP contribution < -0.4 is 5.32 Å². The standard InChI is InChI=1S/C60H103NO10/c1-4-7-10-13-16-19-22-24-25-26-27-28-29-30-33-36-39-42-45-48-55(65)71-58-57(67)56(66)54(49-62)70-60(58)69-50-51(52(63)46-43-40-37-34-31-21-18-15-12-9-6-3)61-59(68)53(64)47-44-41-38-35-32-23-20-17-14-11-8-5-2/h7,10,16,19,24-25,27-28,30,33,39,42-43,46,51-54,56-58,60,62-64,66-67H,4-6,8-9,11-15,17-18,20-23,26,29,31-32,34-38,40-41,44-45,47-50H2,1-3H3,(H,61,68)/b10-7-,19-16-,25-24-,28-27-,33-30-,42-39-,46-43+. The summed E-state index contributed by atoms with van der Waals surface area (Å²) in [7, 11) is 0. The minimum Gasteiger partial charge on any atom is -0.454 e. The maximum Gasteiger partial charge on any atom is 0.306 e. The van der Waals surface area contributed by atoms with Crippen molar-refractivity contribution >= 4 is 11.9 Å². The lowest BCUT2D eigenvalue weighted by atomic mass is 9.99. The van der Waals surface area contributed by atoms with Gasteiger partial charge >= 0.3 is 5.97 Å². The van der Waals surface area contributed by atoms with Gasteiger partial charge in [-0.2, -0.15) is 0 Å². The third-order valence-electron chi connectivity index (χ3n) is 12.8. The van der Waals surface area contributed by atoms with Gasteiger partial charge in [-0.3, -0.25) is 9.59 Å². The normalized spacial score (nSPS) is 20.3. The molecule has 11 heteroatoms. The van der Waals surface area contributed by atoms with E-state index in [0.29, 0.717) is 19.3 Å². The molecular weight excluding hydrogens is 895 g/mol. The van der Waals surface area contributed by atoms with Gasteiger partial charge in [0.1, 0.15) is 24.4 Å². The van der Waals surface area contributed by atoms with Crippen LogP contribution in [0.2, 0.25) is 0 Å². The average molecular weight is 998 g/mol. The molecule has 1 heterocycles. The highest BCUT2D eigenvalue weighted by Crippen LogP contribution is 2.26. The SMILES string of the molecule is CC/C=C\C/C=C\C/C=C\C/C=C\C/C=C\C/C=C\CCC(=O)OC1C(OCC(NC(=O)C(O)CCCCCCCCCCCCCC)C(O)/C=C/CCCCCCCCCCC)OC(CO)C(O)C1O. The number of aliphatic hydroxyl groups is 5. The fraction of sp³-hybridized carbons (Fsp3) is 0.733. The van der Waals surface area contributed by atoms with Crippen LogP contribution in [0, 0.1) is 0 Å². The summed E-state index contributed by atoms with van der Waals surface area (Å²) in [6, 6.07) is -1.04. The van der Waals surface area contributed by atoms with Gasteiger partial charge in [-0.1, -0.05) is 234 Å². The summed E-state index contributed by atoms with van der Waals surface area (Å²) in [5.74, 6) is -1.29. The molecule has 0 aromatic carbocycles. The van der Waals surface area contributed by atoms with E-state index in [9.17, 15) is 35.1 Å². The van der Waals surface area contributed by atoms with Gasteiger partial charge in [-0.05, 0) is 64.2 Å². The number of amides is 1. The Morgan fingerprint density at radius 2 is 1.01 bits per heavy atom. The van der Waals surface area contributed by atoms with Gasteiger partial charge in [0, 0.05) is 6.42 Å². The van der Waals surface area contributed by atoms with Gasteiger partial charge in [0.15, 0.2) is 12.4 Å². The number of aliphatic hydroxyl groups excluding tert-OH is 5. The van der Waals surface area contributed by atoms with Crippen LogP contribution in [0.1, 0.15) is 220 Å². The predicted molar refractivity (Wildman–Crippen MR) is 292 cm³/mol. The topological polar surface area (TPSA) is 175 Å². The minimum absolute atomic E-state index is 0.00410. The lowest BCUT2D eigenvalue weighted by molar-refractivity contribution is -0.305. The first-order chi connectivity index (χ1) is 34.7. The molecule has 6 N–H and O–H groups in total. The van der Waals surface area contributed by atoms with E-state index in [-0.39, 0.29) is 19.4 Å². The number of nitrogens with one attached hydrogen (secondary N) is 1. The van der Waals surface area contributed by atoms with Crippen LogP contribution in [0.5, 0.6) is 0 Å². The maximum absolute atomic E-state index is 13.3. The Hall–Kier alpha value is -3.16. The van der Waals surface area contributed by atoms with E-state index >= 15 is 0 Å². The summed E-state index contributed by atoms with van der Waals surface area (Å²) in [5, 5.41) is 56.7. The van der Waals surface area contributed by atoms with Crippen LogP contribution in [-0.4, -0.2) is 99.6 Å². The minimum atomic E-state index is -1.65. The molecule has 1 aliphatic rings. The van der Waals surface area contributed by atoms with Crippen molar-refractivity contribution < 1.29 is 49.3 Å². The number of hydrogen-bond donors (Lipinski definition) is 6. The van der Waals surface area contributed by atoms with Crippen molar-refractivity contribution in [3.63, 3.8) is 0 Å². The van der Waals surface area contributed by atoms with Gasteiger partial charge in [-0.15, -0.1) is 0 Å². The van der Waals surface area contributed by atoms with Crippen LogP contribution in [0.15, 0.2) is 85.1 Å². The number of unbranched alkanes of at least 4 members (excludes halogenated alkanes) is 20. The second-order valence-corrected chi connectivity index (χ2v) is 19.3. The van der Waals surface area contributed by atoms with E-state index in [1.165, 1.54) is 89.9 Å². The molecule has 0 bridgehead atoms. The second-order valence-electron chi connectivity index (χ2n) is 19.3. The van der Waals surface area contributed by atoms with E-state index in [0.717, 1.165) is 77.0 Å². The highest BCUT2D eigenvalue weighted by molar-refractivity contribution is 5.80. The zero-order valence-electron chi connectivity index (χ0n) is 44.8. The molecule has 0 aromatic heterocycles. The van der Waals surface area contributed by atoms with Crippen molar-refractivity contribution in [1.82, 2.24) is 5.32 Å². The largest absolute Gasteiger partial charge is 0.454 e. The first kappa shape index (κ1) is 65.9. The van der Waals surface area contributed by atoms with Crippen molar-refractivity contribution in [1.29, 1.82) is 0 Å². The molecule has 1 fully saturated rings. The fourth-order valence-corrected chi connectivity index (χ4v) is 8.32. The van der Waals surface area contributed by atoms with Crippen LogP contribution in [-0.2, 0) is 23.8 Å². The Balaban J connectivity index is 2.77. The van der Waals surface area contributed by atoms with Crippen molar-refractivity contribution in [3.05, 3.63) is 85.1 Å². The first-order valence-electron chi connectivity index (χ1n) is 28.4. The Labute approximate surface area is 432 Å². The molecule has 1 amide bonds. The third kappa shape index (κ3) is 36.4. The Morgan fingerprint density at radius 1 is 0.563 bits per heavy atom. The molecule has 0 aliphatic carbocycles. The Bertz CT molecular complexity index is 1470. The van der Waals surface area contributed by atoms with E-state index < -0.39 is 67.4 Å².